The number of hydrogen-bond donors (Lipinski definition) is 1. The smallest absolute Gasteiger partial charge is 0.0502 e. The summed E-state index contributed by atoms with van der Waals surface area (Å²) in [5.41, 5.74) is 12.3. The second kappa shape index (κ2) is 7.81. The summed E-state index contributed by atoms with van der Waals surface area (Å²) in [6.07, 6.45) is 0. The fraction of sp³-hybridized carbons (Fsp3) is 0.308. The molecule has 0 radical (unpaired) electrons. The number of anilines is 3. The van der Waals surface area contributed by atoms with Crippen LogP contribution in [0.1, 0.15) is 45.7 Å². The number of rotatable bonds is 5. The summed E-state index contributed by atoms with van der Waals surface area (Å²) < 4.78 is 0. The van der Waals surface area contributed by atoms with Gasteiger partial charge in [-0.25, -0.2) is 0 Å². The fourth-order valence-corrected chi connectivity index (χ4v) is 3.75. The Bertz CT molecular complexity index is 867. The zero-order chi connectivity index (χ0) is 20.4. The molecule has 0 amide bonds. The molecule has 0 spiro atoms. The third-order valence-electron chi connectivity index (χ3n) is 5.31. The van der Waals surface area contributed by atoms with Crippen LogP contribution in [0, 0.1) is 0 Å². The van der Waals surface area contributed by atoms with Gasteiger partial charge in [0, 0.05) is 23.3 Å². The molecule has 0 atom stereocenters. The van der Waals surface area contributed by atoms with Crippen LogP contribution in [0.4, 0.5) is 17.1 Å². The highest BCUT2D eigenvalue weighted by atomic mass is 15.1. The summed E-state index contributed by atoms with van der Waals surface area (Å²) in [5, 5.41) is 0. The molecule has 0 aliphatic carbocycles. The van der Waals surface area contributed by atoms with E-state index in [1.54, 1.807) is 0 Å². The monoisotopic (exact) mass is 372 g/mol. The molecule has 0 unspecified atom stereocenters. The van der Waals surface area contributed by atoms with Gasteiger partial charge in [0.05, 0.1) is 5.69 Å². The van der Waals surface area contributed by atoms with Crippen molar-refractivity contribution in [2.75, 3.05) is 11.4 Å². The van der Waals surface area contributed by atoms with Crippen molar-refractivity contribution in [1.29, 1.82) is 0 Å². The van der Waals surface area contributed by atoms with E-state index < -0.39 is 0 Å². The molecule has 0 aromatic heterocycles. The average Bonchev–Trinajstić information content (AvgIpc) is 2.69. The minimum atomic E-state index is -0.152. The zero-order valence-corrected chi connectivity index (χ0v) is 17.7. The van der Waals surface area contributed by atoms with Crippen molar-refractivity contribution in [1.82, 2.24) is 0 Å². The second-order valence-electron chi connectivity index (χ2n) is 9.04. The van der Waals surface area contributed by atoms with Crippen LogP contribution in [0.15, 0.2) is 78.9 Å². The van der Waals surface area contributed by atoms with Crippen molar-refractivity contribution in [2.45, 2.75) is 45.4 Å². The van der Waals surface area contributed by atoms with Crippen LogP contribution >= 0.6 is 0 Å². The highest BCUT2D eigenvalue weighted by Gasteiger charge is 2.32. The third-order valence-corrected chi connectivity index (χ3v) is 5.31. The molecule has 2 N–H and O–H groups in total. The van der Waals surface area contributed by atoms with Crippen molar-refractivity contribution in [3.05, 3.63) is 90.0 Å². The molecule has 3 aromatic rings. The first-order valence-corrected chi connectivity index (χ1v) is 10.00. The summed E-state index contributed by atoms with van der Waals surface area (Å²) >= 11 is 0. The Morgan fingerprint density at radius 3 is 1.61 bits per heavy atom. The van der Waals surface area contributed by atoms with E-state index in [1.165, 1.54) is 16.8 Å². The van der Waals surface area contributed by atoms with Crippen molar-refractivity contribution >= 4 is 17.1 Å². The van der Waals surface area contributed by atoms with Gasteiger partial charge in [0.25, 0.3) is 0 Å². The van der Waals surface area contributed by atoms with Crippen molar-refractivity contribution in [2.24, 2.45) is 5.73 Å². The van der Waals surface area contributed by atoms with E-state index in [-0.39, 0.29) is 10.8 Å². The molecular weight excluding hydrogens is 340 g/mol. The molecule has 3 rings (SSSR count). The first kappa shape index (κ1) is 20.2. The standard InChI is InChI=1S/C26H32N2/c1-25(2,3)22-17-12-18-23(24(22)26(4,5)19-27)28(20-13-8-6-9-14-20)21-15-10-7-11-16-21/h6-18H,19,27H2,1-5H3. The summed E-state index contributed by atoms with van der Waals surface area (Å²) in [5.74, 6) is 0. The maximum Gasteiger partial charge on any atom is 0.0502 e. The van der Waals surface area contributed by atoms with Gasteiger partial charge in [-0.15, -0.1) is 0 Å². The molecule has 0 bridgehead atoms. The number of nitrogens with zero attached hydrogens (tertiary/aromatic N) is 1. The molecule has 0 aliphatic heterocycles. The molecule has 2 nitrogen and oxygen atoms in total. The average molecular weight is 373 g/mol. The Hall–Kier alpha value is -2.58. The molecule has 0 fully saturated rings. The maximum atomic E-state index is 6.28. The predicted octanol–water partition coefficient (Wildman–Crippen LogP) is 6.69. The van der Waals surface area contributed by atoms with E-state index in [0.29, 0.717) is 6.54 Å². The number of nitrogens with two attached hydrogens (primary N) is 1. The van der Waals surface area contributed by atoms with Crippen LogP contribution in [0.25, 0.3) is 0 Å². The molecule has 0 saturated carbocycles. The molecular formula is C26H32N2. The van der Waals surface area contributed by atoms with Gasteiger partial charge in [-0.3, -0.25) is 0 Å². The number of para-hydroxylation sites is 2. The van der Waals surface area contributed by atoms with Gasteiger partial charge >= 0.3 is 0 Å². The van der Waals surface area contributed by atoms with Crippen molar-refractivity contribution in [3.8, 4) is 0 Å². The SMILES string of the molecule is CC(C)(C)c1cccc(N(c2ccccc2)c2ccccc2)c1C(C)(C)CN. The lowest BCUT2D eigenvalue weighted by Crippen LogP contribution is -2.33. The predicted molar refractivity (Wildman–Crippen MR) is 122 cm³/mol. The van der Waals surface area contributed by atoms with E-state index in [1.807, 2.05) is 0 Å². The van der Waals surface area contributed by atoms with E-state index in [4.69, 9.17) is 5.73 Å². The lowest BCUT2D eigenvalue weighted by Gasteiger charge is -2.37. The van der Waals surface area contributed by atoms with Crippen LogP contribution in [-0.2, 0) is 10.8 Å². The van der Waals surface area contributed by atoms with Gasteiger partial charge in [0.15, 0.2) is 0 Å². The molecule has 3 aromatic carbocycles. The largest absolute Gasteiger partial charge is 0.330 e. The van der Waals surface area contributed by atoms with E-state index >= 15 is 0 Å². The minimum absolute atomic E-state index is 0.0246. The summed E-state index contributed by atoms with van der Waals surface area (Å²) in [4.78, 5) is 2.35. The highest BCUT2D eigenvalue weighted by molar-refractivity contribution is 5.80. The van der Waals surface area contributed by atoms with Crippen molar-refractivity contribution in [3.63, 3.8) is 0 Å². The number of hydrogen-bond acceptors (Lipinski definition) is 2. The normalized spacial score (nSPS) is 12.1. The first-order chi connectivity index (χ1) is 13.3. The fourth-order valence-electron chi connectivity index (χ4n) is 3.75. The third kappa shape index (κ3) is 3.98. The Morgan fingerprint density at radius 1 is 0.679 bits per heavy atom. The zero-order valence-electron chi connectivity index (χ0n) is 17.7. The Labute approximate surface area is 170 Å². The van der Waals surface area contributed by atoms with Gasteiger partial charge in [-0.05, 0) is 46.9 Å². The molecule has 2 heteroatoms. The Balaban J connectivity index is 2.35. The maximum absolute atomic E-state index is 6.28. The molecule has 146 valence electrons. The molecule has 28 heavy (non-hydrogen) atoms. The lowest BCUT2D eigenvalue weighted by atomic mass is 9.73. The molecule has 0 heterocycles. The van der Waals surface area contributed by atoms with Gasteiger partial charge in [-0.1, -0.05) is 83.1 Å². The van der Waals surface area contributed by atoms with Crippen LogP contribution in [-0.4, -0.2) is 6.54 Å². The van der Waals surface area contributed by atoms with E-state index in [9.17, 15) is 0 Å². The summed E-state index contributed by atoms with van der Waals surface area (Å²) in [6.45, 7) is 11.9. The minimum Gasteiger partial charge on any atom is -0.330 e. The Morgan fingerprint density at radius 2 is 1.18 bits per heavy atom. The quantitative estimate of drug-likeness (QED) is 0.540. The van der Waals surface area contributed by atoms with Gasteiger partial charge in [-0.2, -0.15) is 0 Å². The topological polar surface area (TPSA) is 29.3 Å². The van der Waals surface area contributed by atoms with Crippen LogP contribution < -0.4 is 10.6 Å². The van der Waals surface area contributed by atoms with Crippen LogP contribution in [0.5, 0.6) is 0 Å². The highest BCUT2D eigenvalue weighted by Crippen LogP contribution is 2.44. The van der Waals surface area contributed by atoms with Crippen LogP contribution in [0.2, 0.25) is 0 Å². The molecule has 0 aliphatic rings. The summed E-state index contributed by atoms with van der Waals surface area (Å²) in [6, 6.07) is 27.8. The second-order valence-corrected chi connectivity index (χ2v) is 9.04. The lowest BCUT2D eigenvalue weighted by molar-refractivity contribution is 0.504. The summed E-state index contributed by atoms with van der Waals surface area (Å²) in [7, 11) is 0. The van der Waals surface area contributed by atoms with Gasteiger partial charge < -0.3 is 10.6 Å². The molecule has 0 saturated heterocycles. The first-order valence-electron chi connectivity index (χ1n) is 10.00. The van der Waals surface area contributed by atoms with Gasteiger partial charge in [0.1, 0.15) is 0 Å². The van der Waals surface area contributed by atoms with Gasteiger partial charge in [0.2, 0.25) is 0 Å². The Kier molecular flexibility index (Phi) is 5.62. The van der Waals surface area contributed by atoms with Crippen molar-refractivity contribution < 1.29 is 0 Å². The van der Waals surface area contributed by atoms with E-state index in [2.05, 4.69) is 118 Å². The number of benzene rings is 3. The van der Waals surface area contributed by atoms with Crippen LogP contribution in [0.3, 0.4) is 0 Å². The van der Waals surface area contributed by atoms with E-state index in [0.717, 1.165) is 11.4 Å².